The van der Waals surface area contributed by atoms with E-state index in [4.69, 9.17) is 4.74 Å². The normalized spacial score (nSPS) is 9.89. The van der Waals surface area contributed by atoms with Gasteiger partial charge in [-0.1, -0.05) is 6.07 Å². The van der Waals surface area contributed by atoms with Gasteiger partial charge in [0.15, 0.2) is 0 Å². The van der Waals surface area contributed by atoms with Crippen LogP contribution in [0, 0.1) is 5.82 Å². The Bertz CT molecular complexity index is 476. The Morgan fingerprint density at radius 1 is 1.32 bits per heavy atom. The summed E-state index contributed by atoms with van der Waals surface area (Å²) in [4.78, 5) is 24.6. The summed E-state index contributed by atoms with van der Waals surface area (Å²) in [6.07, 6.45) is 0. The van der Waals surface area contributed by atoms with Crippen LogP contribution in [0.3, 0.4) is 0 Å². The number of benzene rings is 1. The first kappa shape index (κ1) is 14.9. The molecule has 0 bridgehead atoms. The Kier molecular flexibility index (Phi) is 5.29. The standard InChI is InChI=1S/C13H16FNO4/c1-4-15(8-11(16)19-3)13(17)12-9(14)6-5-7-10(12)18-2/h5-7H,4,8H2,1-3H3. The lowest BCUT2D eigenvalue weighted by Crippen LogP contribution is -2.36. The maximum absolute atomic E-state index is 13.8. The summed E-state index contributed by atoms with van der Waals surface area (Å²) >= 11 is 0. The van der Waals surface area contributed by atoms with Crippen LogP contribution < -0.4 is 4.74 Å². The fraction of sp³-hybridized carbons (Fsp3) is 0.385. The SMILES string of the molecule is CCN(CC(=O)OC)C(=O)c1c(F)cccc1OC. The van der Waals surface area contributed by atoms with Crippen molar-refractivity contribution in [3.8, 4) is 5.75 Å². The lowest BCUT2D eigenvalue weighted by molar-refractivity contribution is -0.141. The van der Waals surface area contributed by atoms with Crippen molar-refractivity contribution < 1.29 is 23.5 Å². The van der Waals surface area contributed by atoms with E-state index in [-0.39, 0.29) is 24.4 Å². The van der Waals surface area contributed by atoms with Gasteiger partial charge in [-0.25, -0.2) is 4.39 Å². The quantitative estimate of drug-likeness (QED) is 0.760. The topological polar surface area (TPSA) is 55.8 Å². The Balaban J connectivity index is 3.07. The molecule has 1 aromatic carbocycles. The Labute approximate surface area is 110 Å². The van der Waals surface area contributed by atoms with E-state index in [1.807, 2.05) is 0 Å². The second kappa shape index (κ2) is 6.72. The smallest absolute Gasteiger partial charge is 0.325 e. The van der Waals surface area contributed by atoms with Crippen LogP contribution in [0.5, 0.6) is 5.75 Å². The number of methoxy groups -OCH3 is 2. The van der Waals surface area contributed by atoms with Gasteiger partial charge < -0.3 is 14.4 Å². The van der Waals surface area contributed by atoms with Crippen LogP contribution in [0.4, 0.5) is 4.39 Å². The van der Waals surface area contributed by atoms with Crippen molar-refractivity contribution in [1.29, 1.82) is 0 Å². The van der Waals surface area contributed by atoms with Gasteiger partial charge in [-0.05, 0) is 19.1 Å². The van der Waals surface area contributed by atoms with Crippen molar-refractivity contribution in [1.82, 2.24) is 4.90 Å². The molecule has 1 amide bonds. The zero-order valence-corrected chi connectivity index (χ0v) is 11.1. The third-order valence-corrected chi connectivity index (χ3v) is 2.63. The molecule has 6 heteroatoms. The molecule has 0 atom stereocenters. The number of amides is 1. The molecule has 1 rings (SSSR count). The third kappa shape index (κ3) is 3.43. The summed E-state index contributed by atoms with van der Waals surface area (Å²) in [6.45, 7) is 1.71. The van der Waals surface area contributed by atoms with E-state index < -0.39 is 17.7 Å². The van der Waals surface area contributed by atoms with Gasteiger partial charge >= 0.3 is 5.97 Å². The Morgan fingerprint density at radius 2 is 2.00 bits per heavy atom. The van der Waals surface area contributed by atoms with E-state index in [0.717, 1.165) is 0 Å². The van der Waals surface area contributed by atoms with Crippen LogP contribution in [0.15, 0.2) is 18.2 Å². The molecule has 5 nitrogen and oxygen atoms in total. The van der Waals surface area contributed by atoms with Crippen LogP contribution in [-0.4, -0.2) is 44.1 Å². The molecule has 0 saturated heterocycles. The second-order valence-corrected chi connectivity index (χ2v) is 3.71. The first-order valence-corrected chi connectivity index (χ1v) is 5.73. The summed E-state index contributed by atoms with van der Waals surface area (Å²) in [5.41, 5.74) is -0.184. The van der Waals surface area contributed by atoms with Gasteiger partial charge in [-0.15, -0.1) is 0 Å². The van der Waals surface area contributed by atoms with Crippen molar-refractivity contribution in [3.05, 3.63) is 29.6 Å². The molecule has 0 N–H and O–H groups in total. The second-order valence-electron chi connectivity index (χ2n) is 3.71. The van der Waals surface area contributed by atoms with Crippen molar-refractivity contribution in [2.24, 2.45) is 0 Å². The van der Waals surface area contributed by atoms with Crippen LogP contribution in [0.25, 0.3) is 0 Å². The highest BCUT2D eigenvalue weighted by Gasteiger charge is 2.24. The molecule has 19 heavy (non-hydrogen) atoms. The minimum Gasteiger partial charge on any atom is -0.496 e. The number of carbonyl (C=O) groups is 2. The highest BCUT2D eigenvalue weighted by Crippen LogP contribution is 2.22. The highest BCUT2D eigenvalue weighted by atomic mass is 19.1. The summed E-state index contributed by atoms with van der Waals surface area (Å²) in [6, 6.07) is 4.10. The fourth-order valence-corrected chi connectivity index (χ4v) is 1.59. The Hall–Kier alpha value is -2.11. The first-order valence-electron chi connectivity index (χ1n) is 5.73. The molecular formula is C13H16FNO4. The van der Waals surface area contributed by atoms with Crippen LogP contribution in [0.2, 0.25) is 0 Å². The molecule has 0 fully saturated rings. The van der Waals surface area contributed by atoms with E-state index in [2.05, 4.69) is 4.74 Å². The number of hydrogen-bond donors (Lipinski definition) is 0. The number of carbonyl (C=O) groups excluding carboxylic acids is 2. The maximum atomic E-state index is 13.8. The number of rotatable bonds is 5. The van der Waals surface area contributed by atoms with E-state index >= 15 is 0 Å². The third-order valence-electron chi connectivity index (χ3n) is 2.63. The number of nitrogens with zero attached hydrogens (tertiary/aromatic N) is 1. The summed E-state index contributed by atoms with van der Waals surface area (Å²) < 4.78 is 23.2. The van der Waals surface area contributed by atoms with E-state index in [1.165, 1.54) is 37.3 Å². The molecule has 0 heterocycles. The minimum absolute atomic E-state index is 0.133. The Morgan fingerprint density at radius 3 is 2.53 bits per heavy atom. The predicted octanol–water partition coefficient (Wildman–Crippen LogP) is 1.47. The van der Waals surface area contributed by atoms with Gasteiger partial charge in [0.1, 0.15) is 23.7 Å². The monoisotopic (exact) mass is 269 g/mol. The zero-order valence-electron chi connectivity index (χ0n) is 11.1. The largest absolute Gasteiger partial charge is 0.496 e. The van der Waals surface area contributed by atoms with Crippen molar-refractivity contribution in [3.63, 3.8) is 0 Å². The van der Waals surface area contributed by atoms with Crippen LogP contribution >= 0.6 is 0 Å². The zero-order chi connectivity index (χ0) is 14.4. The molecule has 0 spiro atoms. The fourth-order valence-electron chi connectivity index (χ4n) is 1.59. The average molecular weight is 269 g/mol. The van der Waals surface area contributed by atoms with Gasteiger partial charge in [0.25, 0.3) is 5.91 Å². The first-order chi connectivity index (χ1) is 9.04. The predicted molar refractivity (Wildman–Crippen MR) is 66.5 cm³/mol. The molecular weight excluding hydrogens is 253 g/mol. The van der Waals surface area contributed by atoms with Gasteiger partial charge in [-0.3, -0.25) is 9.59 Å². The highest BCUT2D eigenvalue weighted by molar-refractivity contribution is 5.98. The van der Waals surface area contributed by atoms with Gasteiger partial charge in [0.2, 0.25) is 0 Å². The maximum Gasteiger partial charge on any atom is 0.325 e. The number of likely N-dealkylation sites (N-methyl/N-ethyl adjacent to an activating group) is 1. The van der Waals surface area contributed by atoms with Gasteiger partial charge in [-0.2, -0.15) is 0 Å². The minimum atomic E-state index is -0.687. The summed E-state index contributed by atoms with van der Waals surface area (Å²) in [5, 5.41) is 0. The van der Waals surface area contributed by atoms with E-state index in [0.29, 0.717) is 0 Å². The molecule has 1 aromatic rings. The number of esters is 1. The van der Waals surface area contributed by atoms with Gasteiger partial charge in [0.05, 0.1) is 14.2 Å². The lowest BCUT2D eigenvalue weighted by atomic mass is 10.1. The molecule has 0 aliphatic rings. The number of ether oxygens (including phenoxy) is 2. The molecule has 0 aliphatic carbocycles. The van der Waals surface area contributed by atoms with E-state index in [9.17, 15) is 14.0 Å². The van der Waals surface area contributed by atoms with Crippen molar-refractivity contribution in [2.75, 3.05) is 27.3 Å². The average Bonchev–Trinajstić information content (AvgIpc) is 2.43. The number of hydrogen-bond acceptors (Lipinski definition) is 4. The molecule has 0 aliphatic heterocycles. The number of halogens is 1. The van der Waals surface area contributed by atoms with Crippen molar-refractivity contribution in [2.45, 2.75) is 6.92 Å². The molecule has 0 radical (unpaired) electrons. The van der Waals surface area contributed by atoms with Gasteiger partial charge in [0, 0.05) is 6.54 Å². The molecule has 0 saturated carbocycles. The molecule has 0 aromatic heterocycles. The molecule has 0 unspecified atom stereocenters. The lowest BCUT2D eigenvalue weighted by Gasteiger charge is -2.20. The summed E-state index contributed by atoms with van der Waals surface area (Å²) in [5.74, 6) is -1.73. The van der Waals surface area contributed by atoms with Crippen molar-refractivity contribution >= 4 is 11.9 Å². The van der Waals surface area contributed by atoms with Crippen LogP contribution in [0.1, 0.15) is 17.3 Å². The summed E-state index contributed by atoms with van der Waals surface area (Å²) in [7, 11) is 2.58. The van der Waals surface area contributed by atoms with Crippen LogP contribution in [-0.2, 0) is 9.53 Å². The van der Waals surface area contributed by atoms with E-state index in [1.54, 1.807) is 6.92 Å². The molecule has 104 valence electrons.